The number of hydrogen-bond donors (Lipinski definition) is 4. The molecular weight excluding hydrogens is 1110 g/mol. The van der Waals surface area contributed by atoms with E-state index in [4.69, 9.17) is 33.7 Å². The number of rotatable bonds is 17. The van der Waals surface area contributed by atoms with Crippen LogP contribution >= 0.6 is 11.3 Å². The fourth-order valence-corrected chi connectivity index (χ4v) is 14.9. The number of benzene rings is 3. The summed E-state index contributed by atoms with van der Waals surface area (Å²) in [5.41, 5.74) is 6.10. The molecule has 0 aliphatic carbocycles. The molecule has 20 nitrogen and oxygen atoms in total. The lowest BCUT2D eigenvalue weighted by atomic mass is 9.91. The molecule has 3 amide bonds. The van der Waals surface area contributed by atoms with Crippen LogP contribution in [0, 0.1) is 18.7 Å². The Balaban J connectivity index is 0.625. The van der Waals surface area contributed by atoms with Gasteiger partial charge in [0.05, 0.1) is 52.2 Å². The number of fused-ring (bicyclic) bond motifs is 5. The largest absolute Gasteiger partial charge is 0.508 e. The van der Waals surface area contributed by atoms with Crippen molar-refractivity contribution in [3.8, 4) is 39.3 Å². The maximum absolute atomic E-state index is 17.3. The normalized spacial score (nSPS) is 23.9. The van der Waals surface area contributed by atoms with E-state index < -0.39 is 30.0 Å². The number of piperazine rings is 1. The molecule has 0 radical (unpaired) electrons. The van der Waals surface area contributed by atoms with Crippen LogP contribution in [0.1, 0.15) is 107 Å². The number of nitrogens with one attached hydrogen (secondary N) is 2. The van der Waals surface area contributed by atoms with Gasteiger partial charge < -0.3 is 54.3 Å². The lowest BCUT2D eigenvalue weighted by molar-refractivity contribution is -0.141. The van der Waals surface area contributed by atoms with Crippen LogP contribution in [0.5, 0.6) is 17.6 Å². The SMILES string of the molecule is CCc1cccc2cc(O)cc(-c3ncc4c(N5CC6CCC(C5)N6)nc(OC[C@@]56CCCN5[C@H](COC(=O)N5CC(Oc7cc([C@H](C(=O)N8C[C@H](O)C[C@H]8C(=O)N[C@@H](C)c8ccc(-c9scnc9C)cc8)C(C)C)on7)C5)CC6)nc4c3F)c12. The number of hydrogen-bond acceptors (Lipinski definition) is 18. The maximum atomic E-state index is 17.3. The van der Waals surface area contributed by atoms with E-state index in [9.17, 15) is 24.6 Å². The predicted molar refractivity (Wildman–Crippen MR) is 317 cm³/mol. The Hall–Kier alpha value is -7.53. The van der Waals surface area contributed by atoms with Crippen molar-refractivity contribution in [3.63, 3.8) is 0 Å². The van der Waals surface area contributed by atoms with Crippen molar-refractivity contribution in [2.45, 2.75) is 140 Å². The number of amides is 3. The Labute approximate surface area is 496 Å². The van der Waals surface area contributed by atoms with Crippen LogP contribution < -0.4 is 25.0 Å². The number of aliphatic hydroxyl groups excluding tert-OH is 1. The first-order chi connectivity index (χ1) is 41.1. The number of thiazole rings is 1. The number of β-amino-alcohol motifs (C(OH)–C–C–N with tert-alkyl or cyclic N) is 1. The molecule has 6 saturated heterocycles. The van der Waals surface area contributed by atoms with Crippen LogP contribution in [-0.2, 0) is 20.7 Å². The number of nitrogens with zero attached hydrogens (tertiary/aromatic N) is 9. The standard InChI is InChI=1S/C63H72FN11O9S/c1-6-37-9-7-10-40-21-44(76)22-47(53(37)40)55-54(64)56-48(25-65-55)58(72-26-41-15-16-42(27-72)68-41)70-61(69-56)82-32-63-18-8-20-75(63)43(17-19-63)31-81-62(80)73-29-46(30-73)83-51-24-50(84-71-51)52(34(2)3)60(79)74-28-45(77)23-49(74)59(78)67-35(4)38-11-13-39(14-12-38)57-36(5)66-33-85-57/h7,9-14,21-22,24-25,33-35,41-43,45-46,49,52,68,76-77H,6,8,15-20,23,26-32H2,1-5H3,(H,67,78)/t35-,41?,42?,43-,45+,49-,52+,63-/m0/s1. The number of halogens is 1. The van der Waals surface area contributed by atoms with Crippen molar-refractivity contribution in [1.82, 2.24) is 50.4 Å². The number of phenolic OH excluding ortho intramolecular Hbond substituents is 1. The molecule has 3 aromatic carbocycles. The van der Waals surface area contributed by atoms with E-state index in [0.29, 0.717) is 48.4 Å². The number of aromatic hydroxyl groups is 1. The zero-order chi connectivity index (χ0) is 58.8. The Morgan fingerprint density at radius 1 is 0.976 bits per heavy atom. The van der Waals surface area contributed by atoms with Gasteiger partial charge in [0.15, 0.2) is 11.6 Å². The van der Waals surface area contributed by atoms with Crippen LogP contribution in [0.25, 0.3) is 43.4 Å². The zero-order valence-corrected chi connectivity index (χ0v) is 49.3. The molecule has 13 rings (SSSR count). The molecule has 22 heteroatoms. The highest BCUT2D eigenvalue weighted by molar-refractivity contribution is 7.13. The third-order valence-electron chi connectivity index (χ3n) is 18.5. The van der Waals surface area contributed by atoms with Crippen molar-refractivity contribution < 1.29 is 47.7 Å². The van der Waals surface area contributed by atoms with E-state index in [1.54, 1.807) is 40.6 Å². The third-order valence-corrected chi connectivity index (χ3v) is 19.5. The van der Waals surface area contributed by atoms with Gasteiger partial charge in [-0.25, -0.2) is 14.2 Å². The zero-order valence-electron chi connectivity index (χ0n) is 48.5. The van der Waals surface area contributed by atoms with Crippen molar-refractivity contribution in [2.24, 2.45) is 5.92 Å². The molecule has 2 bridgehead atoms. The summed E-state index contributed by atoms with van der Waals surface area (Å²) in [6, 6.07) is 18.1. The van der Waals surface area contributed by atoms with Gasteiger partial charge in [0.25, 0.3) is 5.88 Å². The quantitative estimate of drug-likeness (QED) is 0.0669. The van der Waals surface area contributed by atoms with Crippen molar-refractivity contribution >= 4 is 56.7 Å². The van der Waals surface area contributed by atoms with Gasteiger partial charge in [0, 0.05) is 62.0 Å². The molecule has 10 heterocycles. The lowest BCUT2D eigenvalue weighted by Crippen LogP contribution is -2.56. The number of ether oxygens (including phenoxy) is 3. The predicted octanol–water partition coefficient (Wildman–Crippen LogP) is 8.47. The highest BCUT2D eigenvalue weighted by atomic mass is 32.1. The van der Waals surface area contributed by atoms with E-state index in [0.717, 1.165) is 83.1 Å². The van der Waals surface area contributed by atoms with Gasteiger partial charge in [0.1, 0.15) is 54.1 Å². The molecule has 6 aliphatic heterocycles. The summed E-state index contributed by atoms with van der Waals surface area (Å²) in [6.07, 6.45) is 6.29. The fourth-order valence-electron chi connectivity index (χ4n) is 14.1. The highest BCUT2D eigenvalue weighted by Crippen LogP contribution is 2.44. The van der Waals surface area contributed by atoms with Crippen molar-refractivity contribution in [2.75, 3.05) is 57.4 Å². The van der Waals surface area contributed by atoms with E-state index in [-0.39, 0.29) is 115 Å². The molecule has 446 valence electrons. The monoisotopic (exact) mass is 1180 g/mol. The molecule has 8 atom stereocenters. The second-order valence-corrected chi connectivity index (χ2v) is 25.3. The van der Waals surface area contributed by atoms with E-state index >= 15 is 4.39 Å². The maximum Gasteiger partial charge on any atom is 0.410 e. The van der Waals surface area contributed by atoms with Gasteiger partial charge in [-0.05, 0) is 116 Å². The van der Waals surface area contributed by atoms with E-state index in [2.05, 4.69) is 37.5 Å². The van der Waals surface area contributed by atoms with Crippen molar-refractivity contribution in [3.05, 3.63) is 101 Å². The number of pyridine rings is 1. The smallest absolute Gasteiger partial charge is 0.410 e. The first-order valence-corrected chi connectivity index (χ1v) is 30.8. The Morgan fingerprint density at radius 3 is 2.53 bits per heavy atom. The number of aryl methyl sites for hydroxylation is 2. The van der Waals surface area contributed by atoms with E-state index in [1.807, 2.05) is 75.7 Å². The summed E-state index contributed by atoms with van der Waals surface area (Å²) in [4.78, 5) is 69.3. The van der Waals surface area contributed by atoms with Gasteiger partial charge in [0.2, 0.25) is 11.8 Å². The second-order valence-electron chi connectivity index (χ2n) is 24.4. The highest BCUT2D eigenvalue weighted by Gasteiger charge is 2.51. The summed E-state index contributed by atoms with van der Waals surface area (Å²) >= 11 is 1.58. The van der Waals surface area contributed by atoms with Gasteiger partial charge in [-0.15, -0.1) is 11.3 Å². The molecule has 7 aromatic rings. The number of carbonyl (C=O) groups is 3. The summed E-state index contributed by atoms with van der Waals surface area (Å²) in [5, 5.41) is 34.6. The minimum atomic E-state index is -0.884. The molecule has 6 fully saturated rings. The number of carbonyl (C=O) groups excluding carboxylic acids is 3. The van der Waals surface area contributed by atoms with Crippen LogP contribution in [0.15, 0.2) is 76.9 Å². The van der Waals surface area contributed by atoms with Gasteiger partial charge in [-0.3, -0.25) is 19.5 Å². The molecule has 85 heavy (non-hydrogen) atoms. The van der Waals surface area contributed by atoms with Gasteiger partial charge >= 0.3 is 12.1 Å². The third kappa shape index (κ3) is 10.9. The average molecular weight is 1180 g/mol. The molecule has 6 aliphatic rings. The topological polar surface area (TPSA) is 234 Å². The summed E-state index contributed by atoms with van der Waals surface area (Å²) < 4.78 is 41.8. The molecular formula is C63H72FN11O9S. The van der Waals surface area contributed by atoms with Crippen LogP contribution in [-0.4, -0.2) is 162 Å². The van der Waals surface area contributed by atoms with E-state index in [1.165, 1.54) is 4.90 Å². The Bertz CT molecular complexity index is 3660. The molecule has 2 unspecified atom stereocenters. The summed E-state index contributed by atoms with van der Waals surface area (Å²) in [5.74, 6) is -1.32. The first kappa shape index (κ1) is 56.6. The van der Waals surface area contributed by atoms with Crippen LogP contribution in [0.3, 0.4) is 0 Å². The Morgan fingerprint density at radius 2 is 1.78 bits per heavy atom. The molecule has 0 spiro atoms. The van der Waals surface area contributed by atoms with Gasteiger partial charge in [-0.1, -0.05) is 63.2 Å². The van der Waals surface area contributed by atoms with Crippen molar-refractivity contribution in [1.29, 1.82) is 0 Å². The number of anilines is 1. The average Bonchev–Trinajstić information content (AvgIpc) is 2.95. The van der Waals surface area contributed by atoms with Crippen LogP contribution in [0.4, 0.5) is 15.0 Å². The number of likely N-dealkylation sites (tertiary alicyclic amines) is 2. The molecule has 4 aromatic heterocycles. The minimum absolute atomic E-state index is 0.00262. The second kappa shape index (κ2) is 23.0. The number of aromatic nitrogens is 5. The molecule has 0 saturated carbocycles. The number of phenols is 1. The summed E-state index contributed by atoms with van der Waals surface area (Å²) in [7, 11) is 0. The summed E-state index contributed by atoms with van der Waals surface area (Å²) in [6.45, 7) is 12.9. The number of aliphatic hydroxyl groups is 1. The minimum Gasteiger partial charge on any atom is -0.508 e. The lowest BCUT2D eigenvalue weighted by Gasteiger charge is -2.38. The first-order valence-electron chi connectivity index (χ1n) is 30.0. The fraction of sp³-hybridized carbons (Fsp3) is 0.492. The molecule has 4 N–H and O–H groups in total. The van der Waals surface area contributed by atoms with Gasteiger partial charge in [-0.2, -0.15) is 9.97 Å². The Kier molecular flexibility index (Phi) is 15.3. The van der Waals surface area contributed by atoms with Crippen LogP contribution in [0.2, 0.25) is 0 Å².